The van der Waals surface area contributed by atoms with E-state index < -0.39 is 0 Å². The molecule has 4 nitrogen and oxygen atoms in total. The third kappa shape index (κ3) is 3.65. The Morgan fingerprint density at radius 1 is 0.600 bits per heavy atom. The van der Waals surface area contributed by atoms with Gasteiger partial charge in [0.15, 0.2) is 0 Å². The van der Waals surface area contributed by atoms with Crippen LogP contribution >= 0.6 is 0 Å². The fraction of sp³-hybridized carbons (Fsp3) is 0.0278. The van der Waals surface area contributed by atoms with E-state index in [4.69, 9.17) is 9.40 Å². The van der Waals surface area contributed by atoms with Gasteiger partial charge >= 0.3 is 0 Å². The average Bonchev–Trinajstić information content (AvgIpc) is 3.39. The number of para-hydroxylation sites is 3. The summed E-state index contributed by atoms with van der Waals surface area (Å²) in [5, 5.41) is 2.05. The average molecular weight is 516 g/mol. The van der Waals surface area contributed by atoms with Gasteiger partial charge < -0.3 is 14.2 Å². The molecule has 0 aliphatic carbocycles. The van der Waals surface area contributed by atoms with Crippen molar-refractivity contribution in [1.82, 2.24) is 4.98 Å². The molecule has 0 unspecified atom stereocenters. The van der Waals surface area contributed by atoms with Crippen LogP contribution in [0.25, 0.3) is 33.2 Å². The van der Waals surface area contributed by atoms with Gasteiger partial charge in [-0.05, 0) is 65.7 Å². The van der Waals surface area contributed by atoms with Gasteiger partial charge in [0.05, 0.1) is 17.3 Å². The van der Waals surface area contributed by atoms with Crippen LogP contribution in [-0.4, -0.2) is 4.98 Å². The predicted octanol–water partition coefficient (Wildman–Crippen LogP) is 9.77. The maximum Gasteiger partial charge on any atom is 0.227 e. The molecule has 0 fully saturated rings. The Balaban J connectivity index is 1.28. The van der Waals surface area contributed by atoms with Crippen LogP contribution in [-0.2, 0) is 6.54 Å². The Bertz CT molecular complexity index is 1960. The van der Waals surface area contributed by atoms with Crippen molar-refractivity contribution in [2.45, 2.75) is 6.54 Å². The molecular formula is C36H25N3O. The molecule has 0 spiro atoms. The van der Waals surface area contributed by atoms with Gasteiger partial charge in [-0.15, -0.1) is 0 Å². The summed E-state index contributed by atoms with van der Waals surface area (Å²) in [6, 6.07) is 46.8. The molecule has 3 heterocycles. The molecule has 4 heteroatoms. The largest absolute Gasteiger partial charge is 0.438 e. The summed E-state index contributed by atoms with van der Waals surface area (Å²) in [6.45, 7) is 0.789. The highest BCUT2D eigenvalue weighted by Crippen LogP contribution is 2.44. The van der Waals surface area contributed by atoms with Crippen molar-refractivity contribution in [3.8, 4) is 11.1 Å². The van der Waals surface area contributed by atoms with E-state index >= 15 is 0 Å². The quantitative estimate of drug-likeness (QED) is 0.234. The molecule has 0 amide bonds. The molecule has 7 aromatic rings. The van der Waals surface area contributed by atoms with Gasteiger partial charge in [0.25, 0.3) is 0 Å². The summed E-state index contributed by atoms with van der Waals surface area (Å²) in [5.74, 6) is 0. The van der Waals surface area contributed by atoms with E-state index in [1.54, 1.807) is 0 Å². The third-order valence-electron chi connectivity index (χ3n) is 7.73. The lowest BCUT2D eigenvalue weighted by atomic mass is 9.93. The van der Waals surface area contributed by atoms with Gasteiger partial charge in [0.2, 0.25) is 5.71 Å². The number of anilines is 5. The number of furan rings is 1. The first kappa shape index (κ1) is 22.6. The smallest absolute Gasteiger partial charge is 0.227 e. The summed E-state index contributed by atoms with van der Waals surface area (Å²) in [5.41, 5.74) is 10.8. The molecule has 40 heavy (non-hydrogen) atoms. The van der Waals surface area contributed by atoms with Gasteiger partial charge in [-0.1, -0.05) is 78.9 Å². The van der Waals surface area contributed by atoms with Crippen molar-refractivity contribution < 1.29 is 4.42 Å². The molecule has 0 saturated heterocycles. The highest BCUT2D eigenvalue weighted by Gasteiger charge is 2.24. The summed E-state index contributed by atoms with van der Waals surface area (Å²) < 4.78 is 6.22. The minimum atomic E-state index is 0.646. The number of hydrogen-bond acceptors (Lipinski definition) is 4. The molecule has 0 bridgehead atoms. The number of pyridine rings is 1. The molecule has 0 N–H and O–H groups in total. The van der Waals surface area contributed by atoms with Gasteiger partial charge in [0, 0.05) is 40.2 Å². The number of hydrogen-bond donors (Lipinski definition) is 0. The molecule has 190 valence electrons. The Hall–Kier alpha value is -5.35. The van der Waals surface area contributed by atoms with Crippen LogP contribution in [0.1, 0.15) is 5.56 Å². The monoisotopic (exact) mass is 515 g/mol. The first-order chi connectivity index (χ1) is 19.8. The second kappa shape index (κ2) is 9.14. The zero-order chi connectivity index (χ0) is 26.5. The van der Waals surface area contributed by atoms with E-state index in [-0.39, 0.29) is 0 Å². The number of fused-ring (bicyclic) bond motifs is 6. The standard InChI is InChI=1S/C36H25N3O/c1-3-12-26(13-4-1)39(27-14-5-2-6-15-27)28-19-20-35-32(21-28)33-22-29(23-37-36(33)40-35)38-24-25-11-7-8-16-30(25)31-17-9-10-18-34(31)38/h1-23H,24H2. The fourth-order valence-electron chi connectivity index (χ4n) is 5.87. The second-order valence-electron chi connectivity index (χ2n) is 10.1. The number of rotatable bonds is 4. The molecule has 0 atom stereocenters. The lowest BCUT2D eigenvalue weighted by molar-refractivity contribution is 0.654. The maximum absolute atomic E-state index is 6.22. The van der Waals surface area contributed by atoms with E-state index in [0.29, 0.717) is 5.71 Å². The van der Waals surface area contributed by atoms with Gasteiger partial charge in [0.1, 0.15) is 5.58 Å². The van der Waals surface area contributed by atoms with Crippen LogP contribution in [0.4, 0.5) is 28.4 Å². The van der Waals surface area contributed by atoms with E-state index in [9.17, 15) is 0 Å². The number of benzene rings is 5. The van der Waals surface area contributed by atoms with Crippen molar-refractivity contribution >= 4 is 50.5 Å². The highest BCUT2D eigenvalue weighted by molar-refractivity contribution is 6.06. The van der Waals surface area contributed by atoms with E-state index in [1.165, 1.54) is 22.4 Å². The lowest BCUT2D eigenvalue weighted by Crippen LogP contribution is -2.21. The van der Waals surface area contributed by atoms with Crippen molar-refractivity contribution in [1.29, 1.82) is 0 Å². The minimum Gasteiger partial charge on any atom is -0.438 e. The Morgan fingerprint density at radius 2 is 1.27 bits per heavy atom. The van der Waals surface area contributed by atoms with E-state index in [2.05, 4.69) is 131 Å². The van der Waals surface area contributed by atoms with Crippen molar-refractivity contribution in [2.24, 2.45) is 0 Å². The first-order valence-corrected chi connectivity index (χ1v) is 13.5. The molecular weight excluding hydrogens is 490 g/mol. The topological polar surface area (TPSA) is 32.5 Å². The van der Waals surface area contributed by atoms with Gasteiger partial charge in [-0.3, -0.25) is 0 Å². The fourth-order valence-corrected chi connectivity index (χ4v) is 5.87. The molecule has 0 saturated carbocycles. The van der Waals surface area contributed by atoms with Crippen LogP contribution in [0.3, 0.4) is 0 Å². The zero-order valence-corrected chi connectivity index (χ0v) is 21.7. The Labute approximate surface area is 232 Å². The number of nitrogens with zero attached hydrogens (tertiary/aromatic N) is 3. The van der Waals surface area contributed by atoms with Crippen LogP contribution in [0, 0.1) is 0 Å². The number of aromatic nitrogens is 1. The summed E-state index contributed by atoms with van der Waals surface area (Å²) >= 11 is 0. The Morgan fingerprint density at radius 3 is 2.05 bits per heavy atom. The normalized spacial score (nSPS) is 12.3. The lowest BCUT2D eigenvalue weighted by Gasteiger charge is -2.32. The van der Waals surface area contributed by atoms with Crippen molar-refractivity contribution in [3.05, 3.63) is 145 Å². The van der Waals surface area contributed by atoms with E-state index in [0.717, 1.165) is 45.6 Å². The van der Waals surface area contributed by atoms with Crippen LogP contribution in [0.5, 0.6) is 0 Å². The molecule has 8 rings (SSSR count). The molecule has 0 radical (unpaired) electrons. The van der Waals surface area contributed by atoms with Crippen LogP contribution < -0.4 is 9.80 Å². The summed E-state index contributed by atoms with van der Waals surface area (Å²) in [7, 11) is 0. The maximum atomic E-state index is 6.22. The second-order valence-corrected chi connectivity index (χ2v) is 10.1. The third-order valence-corrected chi connectivity index (χ3v) is 7.73. The molecule has 1 aliphatic rings. The molecule has 5 aromatic carbocycles. The van der Waals surface area contributed by atoms with Gasteiger partial charge in [-0.25, -0.2) is 4.98 Å². The molecule has 1 aliphatic heterocycles. The summed E-state index contributed by atoms with van der Waals surface area (Å²) in [6.07, 6.45) is 1.93. The zero-order valence-electron chi connectivity index (χ0n) is 21.7. The van der Waals surface area contributed by atoms with Crippen molar-refractivity contribution in [2.75, 3.05) is 9.80 Å². The first-order valence-electron chi connectivity index (χ1n) is 13.5. The molecule has 2 aromatic heterocycles. The SMILES string of the molecule is c1ccc(N(c2ccccc2)c2ccc3oc4ncc(N5Cc6ccccc6-c6ccccc65)cc4c3c2)cc1. The highest BCUT2D eigenvalue weighted by atomic mass is 16.3. The van der Waals surface area contributed by atoms with E-state index in [1.807, 2.05) is 18.3 Å². The van der Waals surface area contributed by atoms with Crippen LogP contribution in [0.2, 0.25) is 0 Å². The summed E-state index contributed by atoms with van der Waals surface area (Å²) in [4.78, 5) is 9.42. The van der Waals surface area contributed by atoms with Crippen molar-refractivity contribution in [3.63, 3.8) is 0 Å². The minimum absolute atomic E-state index is 0.646. The van der Waals surface area contributed by atoms with Crippen LogP contribution in [0.15, 0.2) is 144 Å². The predicted molar refractivity (Wildman–Crippen MR) is 164 cm³/mol. The Kier molecular flexibility index (Phi) is 5.17. The van der Waals surface area contributed by atoms with Gasteiger partial charge in [-0.2, -0.15) is 0 Å².